The van der Waals surface area contributed by atoms with Gasteiger partial charge in [0.15, 0.2) is 0 Å². The summed E-state index contributed by atoms with van der Waals surface area (Å²) in [6, 6.07) is 7.82. The van der Waals surface area contributed by atoms with Gasteiger partial charge < -0.3 is 10.5 Å². The first-order valence-corrected chi connectivity index (χ1v) is 7.60. The van der Waals surface area contributed by atoms with Crippen molar-refractivity contribution in [3.63, 3.8) is 0 Å². The van der Waals surface area contributed by atoms with E-state index in [0.29, 0.717) is 6.10 Å². The summed E-state index contributed by atoms with van der Waals surface area (Å²) < 4.78 is 6.26. The van der Waals surface area contributed by atoms with Crippen LogP contribution in [0.2, 0.25) is 5.02 Å². The second-order valence-electron chi connectivity index (χ2n) is 5.85. The Morgan fingerprint density at radius 3 is 2.26 bits per heavy atom. The zero-order valence-corrected chi connectivity index (χ0v) is 12.6. The summed E-state index contributed by atoms with van der Waals surface area (Å²) in [5.74, 6) is 0.837. The van der Waals surface area contributed by atoms with Crippen molar-refractivity contribution in [2.45, 2.75) is 57.8 Å². The molecule has 1 fully saturated rings. The van der Waals surface area contributed by atoms with Crippen LogP contribution in [0, 0.1) is 5.92 Å². The molecule has 1 aromatic rings. The molecule has 0 bridgehead atoms. The maximum Gasteiger partial charge on any atom is 0.0976 e. The van der Waals surface area contributed by atoms with Crippen molar-refractivity contribution in [1.29, 1.82) is 0 Å². The monoisotopic (exact) mass is 281 g/mol. The largest absolute Gasteiger partial charge is 0.369 e. The molecule has 1 aliphatic rings. The summed E-state index contributed by atoms with van der Waals surface area (Å²) in [5.41, 5.74) is 7.22. The first kappa shape index (κ1) is 14.8. The van der Waals surface area contributed by atoms with Crippen molar-refractivity contribution in [3.8, 4) is 0 Å². The van der Waals surface area contributed by atoms with E-state index in [1.165, 1.54) is 12.8 Å². The van der Waals surface area contributed by atoms with E-state index in [-0.39, 0.29) is 12.1 Å². The lowest BCUT2D eigenvalue weighted by molar-refractivity contribution is -0.0459. The lowest BCUT2D eigenvalue weighted by atomic mass is 9.88. The van der Waals surface area contributed by atoms with Crippen LogP contribution in [0.15, 0.2) is 24.3 Å². The molecule has 0 aromatic heterocycles. The maximum absolute atomic E-state index is 6.26. The van der Waals surface area contributed by atoms with Gasteiger partial charge in [0.25, 0.3) is 0 Å². The minimum atomic E-state index is -0.0318. The smallest absolute Gasteiger partial charge is 0.0976 e. The first-order valence-electron chi connectivity index (χ1n) is 7.22. The molecule has 2 rings (SSSR count). The van der Waals surface area contributed by atoms with Gasteiger partial charge in [-0.3, -0.25) is 0 Å². The number of ether oxygens (including phenoxy) is 1. The zero-order valence-electron chi connectivity index (χ0n) is 11.8. The quantitative estimate of drug-likeness (QED) is 0.892. The fraction of sp³-hybridized carbons (Fsp3) is 0.625. The third-order valence-electron chi connectivity index (χ3n) is 3.98. The highest BCUT2D eigenvalue weighted by atomic mass is 35.5. The first-order chi connectivity index (χ1) is 9.06. The van der Waals surface area contributed by atoms with Crippen molar-refractivity contribution >= 4 is 11.6 Å². The number of hydrogen-bond donors (Lipinski definition) is 1. The van der Waals surface area contributed by atoms with E-state index < -0.39 is 0 Å². The molecule has 0 radical (unpaired) electrons. The average molecular weight is 282 g/mol. The predicted octanol–water partition coefficient (Wildman–Crippen LogP) is 4.32. The molecule has 106 valence electrons. The van der Waals surface area contributed by atoms with Crippen molar-refractivity contribution in [2.75, 3.05) is 0 Å². The number of benzene rings is 1. The normalized spacial score (nSPS) is 26.9. The van der Waals surface area contributed by atoms with Gasteiger partial charge in [-0.1, -0.05) is 30.7 Å². The Morgan fingerprint density at radius 2 is 1.74 bits per heavy atom. The van der Waals surface area contributed by atoms with Crippen LogP contribution < -0.4 is 5.73 Å². The predicted molar refractivity (Wildman–Crippen MR) is 80.3 cm³/mol. The maximum atomic E-state index is 6.26. The topological polar surface area (TPSA) is 35.2 Å². The van der Waals surface area contributed by atoms with E-state index in [1.54, 1.807) is 0 Å². The van der Waals surface area contributed by atoms with E-state index in [9.17, 15) is 0 Å². The van der Waals surface area contributed by atoms with Gasteiger partial charge in [0, 0.05) is 11.1 Å². The third kappa shape index (κ3) is 4.20. The Labute approximate surface area is 121 Å². The molecule has 0 amide bonds. The summed E-state index contributed by atoms with van der Waals surface area (Å²) in [4.78, 5) is 0. The van der Waals surface area contributed by atoms with E-state index in [0.717, 1.165) is 29.3 Å². The lowest BCUT2D eigenvalue weighted by Gasteiger charge is -2.32. The summed E-state index contributed by atoms with van der Waals surface area (Å²) in [6.45, 7) is 4.32. The molecule has 1 aromatic carbocycles. The second kappa shape index (κ2) is 6.74. The molecule has 0 saturated heterocycles. The Kier molecular flexibility index (Phi) is 5.26. The average Bonchev–Trinajstić information content (AvgIpc) is 2.39. The van der Waals surface area contributed by atoms with Crippen LogP contribution in [0.4, 0.5) is 0 Å². The van der Waals surface area contributed by atoms with Crippen LogP contribution >= 0.6 is 11.6 Å². The Bertz CT molecular complexity index is 382. The Morgan fingerprint density at radius 1 is 1.16 bits per heavy atom. The van der Waals surface area contributed by atoms with Crippen molar-refractivity contribution < 1.29 is 4.74 Å². The van der Waals surface area contributed by atoms with Crippen molar-refractivity contribution in [1.82, 2.24) is 0 Å². The second-order valence-corrected chi connectivity index (χ2v) is 6.29. The van der Waals surface area contributed by atoms with Crippen molar-refractivity contribution in [3.05, 3.63) is 34.9 Å². The fourth-order valence-electron chi connectivity index (χ4n) is 2.73. The van der Waals surface area contributed by atoms with Gasteiger partial charge in [0.1, 0.15) is 0 Å². The van der Waals surface area contributed by atoms with E-state index >= 15 is 0 Å². The van der Waals surface area contributed by atoms with E-state index in [2.05, 4.69) is 6.92 Å². The lowest BCUT2D eigenvalue weighted by Crippen LogP contribution is -2.32. The molecule has 0 heterocycles. The third-order valence-corrected chi connectivity index (χ3v) is 4.23. The number of nitrogens with two attached hydrogens (primary N) is 1. The molecule has 1 aliphatic carbocycles. The highest BCUT2D eigenvalue weighted by molar-refractivity contribution is 6.30. The van der Waals surface area contributed by atoms with Gasteiger partial charge in [0.05, 0.1) is 12.2 Å². The Balaban J connectivity index is 2.02. The molecule has 3 heteroatoms. The SMILES string of the molecule is CC1CCC(OC(c2ccc(Cl)cc2)C(C)N)CC1. The molecule has 1 saturated carbocycles. The standard InChI is InChI=1S/C16H24ClNO/c1-11-3-9-15(10-4-11)19-16(12(2)18)13-5-7-14(17)8-6-13/h5-8,11-12,15-16H,3-4,9-10,18H2,1-2H3. The van der Waals surface area contributed by atoms with E-state index in [1.807, 2.05) is 31.2 Å². The van der Waals surface area contributed by atoms with Gasteiger partial charge >= 0.3 is 0 Å². The zero-order chi connectivity index (χ0) is 13.8. The van der Waals surface area contributed by atoms with Gasteiger partial charge in [-0.15, -0.1) is 0 Å². The molecule has 2 atom stereocenters. The minimum Gasteiger partial charge on any atom is -0.369 e. The fourth-order valence-corrected chi connectivity index (χ4v) is 2.86. The number of halogens is 1. The number of rotatable bonds is 4. The number of hydrogen-bond acceptors (Lipinski definition) is 2. The summed E-state index contributed by atoms with van der Waals surface area (Å²) in [5, 5.41) is 0.749. The van der Waals surface area contributed by atoms with Crippen LogP contribution in [0.5, 0.6) is 0 Å². The summed E-state index contributed by atoms with van der Waals surface area (Å²) in [7, 11) is 0. The van der Waals surface area contributed by atoms with Crippen LogP contribution in [0.25, 0.3) is 0 Å². The van der Waals surface area contributed by atoms with Crippen LogP contribution in [-0.4, -0.2) is 12.1 Å². The van der Waals surface area contributed by atoms with Gasteiger partial charge in [0.2, 0.25) is 0 Å². The highest BCUT2D eigenvalue weighted by Crippen LogP contribution is 2.31. The van der Waals surface area contributed by atoms with Crippen LogP contribution in [0.1, 0.15) is 51.2 Å². The molecular weight excluding hydrogens is 258 g/mol. The Hall–Kier alpha value is -0.570. The van der Waals surface area contributed by atoms with E-state index in [4.69, 9.17) is 22.1 Å². The van der Waals surface area contributed by atoms with Gasteiger partial charge in [-0.2, -0.15) is 0 Å². The molecular formula is C16H24ClNO. The minimum absolute atomic E-state index is 0.0134. The molecule has 2 nitrogen and oxygen atoms in total. The highest BCUT2D eigenvalue weighted by Gasteiger charge is 2.25. The van der Waals surface area contributed by atoms with Crippen LogP contribution in [0.3, 0.4) is 0 Å². The summed E-state index contributed by atoms with van der Waals surface area (Å²) >= 11 is 5.93. The van der Waals surface area contributed by atoms with Crippen molar-refractivity contribution in [2.24, 2.45) is 11.7 Å². The van der Waals surface area contributed by atoms with Gasteiger partial charge in [-0.05, 0) is 56.2 Å². The van der Waals surface area contributed by atoms with Gasteiger partial charge in [-0.25, -0.2) is 0 Å². The molecule has 0 aliphatic heterocycles. The summed E-state index contributed by atoms with van der Waals surface area (Å²) in [6.07, 6.45) is 5.14. The molecule has 2 unspecified atom stereocenters. The molecule has 2 N–H and O–H groups in total. The molecule has 19 heavy (non-hydrogen) atoms. The van der Waals surface area contributed by atoms with Crippen LogP contribution in [-0.2, 0) is 4.74 Å². The molecule has 0 spiro atoms.